The van der Waals surface area contributed by atoms with E-state index >= 15 is 0 Å². The summed E-state index contributed by atoms with van der Waals surface area (Å²) in [4.78, 5) is 14.2. The van der Waals surface area contributed by atoms with Gasteiger partial charge in [-0.1, -0.05) is 28.1 Å². The number of H-pyrrole nitrogens is 1. The first-order valence-corrected chi connectivity index (χ1v) is 5.36. The Morgan fingerprint density at radius 3 is 2.65 bits per heavy atom. The average molecular weight is 518 g/mol. The van der Waals surface area contributed by atoms with Crippen LogP contribution >= 0.6 is 15.9 Å². The maximum atomic E-state index is 10.3. The van der Waals surface area contributed by atoms with Crippen LogP contribution in [0, 0.1) is 38.0 Å². The zero-order valence-corrected chi connectivity index (χ0v) is 14.9. The zero-order valence-electron chi connectivity index (χ0n) is 9.20. The minimum Gasteiger partial charge on any atom is -0.534 e. The second-order valence-corrected chi connectivity index (χ2v) is 3.54. The fraction of sp³-hybridized carbons (Fsp3) is 0.0909. The molecule has 0 spiro atoms. The number of halogens is 1. The molecule has 0 bridgehead atoms. The third-order valence-corrected chi connectivity index (χ3v) is 2.16. The molecule has 1 heterocycles. The van der Waals surface area contributed by atoms with Crippen LogP contribution in [0.5, 0.6) is 0 Å². The van der Waals surface area contributed by atoms with Gasteiger partial charge in [-0.3, -0.25) is 5.10 Å². The van der Waals surface area contributed by atoms with E-state index in [-0.39, 0.29) is 36.9 Å². The van der Waals surface area contributed by atoms with E-state index < -0.39 is 0 Å². The Morgan fingerprint density at radius 2 is 2.12 bits per heavy atom. The topological polar surface area (TPSA) is 58.6 Å². The standard InChI is InChI=1S/C9H5BrN3O.C2H5.U/c10-7-3-1-2-6(4-7)9-11-8(5-14)12-13-9;1-2;/h1-4H,(H,11,12,13);1H2,2H3;/q2*-1;+2. The molecule has 86 valence electrons. The number of carbonyl (C=O) groups excluding carboxylic acids is 1. The number of nitrogens with zero attached hydrogens (tertiary/aromatic N) is 2. The molecule has 1 aromatic heterocycles. The summed E-state index contributed by atoms with van der Waals surface area (Å²) in [5.41, 5.74) is 0.845. The molecule has 2 rings (SSSR count). The second kappa shape index (κ2) is 8.62. The van der Waals surface area contributed by atoms with Gasteiger partial charge in [-0.15, -0.1) is 0 Å². The molecule has 0 saturated heterocycles. The van der Waals surface area contributed by atoms with Crippen molar-refractivity contribution in [3.8, 4) is 11.4 Å². The van der Waals surface area contributed by atoms with Crippen molar-refractivity contribution in [3.63, 3.8) is 0 Å². The molecular weight excluding hydrogens is 508 g/mol. The van der Waals surface area contributed by atoms with Gasteiger partial charge in [0, 0.05) is 15.9 Å². The predicted octanol–water partition coefficient (Wildman–Crippen LogP) is 2.53. The summed E-state index contributed by atoms with van der Waals surface area (Å²) >= 11 is 3.34. The van der Waals surface area contributed by atoms with Gasteiger partial charge < -0.3 is 11.7 Å². The van der Waals surface area contributed by atoms with Crippen molar-refractivity contribution in [2.24, 2.45) is 0 Å². The first-order chi connectivity index (χ1) is 7.79. The Bertz CT molecular complexity index is 473. The van der Waals surface area contributed by atoms with Crippen LogP contribution in [-0.2, 0) is 4.79 Å². The first-order valence-electron chi connectivity index (χ1n) is 4.57. The van der Waals surface area contributed by atoms with Gasteiger partial charge in [0.15, 0.2) is 5.82 Å². The van der Waals surface area contributed by atoms with Crippen molar-refractivity contribution in [1.82, 2.24) is 15.2 Å². The molecule has 0 atom stereocenters. The largest absolute Gasteiger partial charge is 2.00 e. The van der Waals surface area contributed by atoms with Gasteiger partial charge in [0.25, 0.3) is 0 Å². The fourth-order valence-corrected chi connectivity index (χ4v) is 1.46. The van der Waals surface area contributed by atoms with Gasteiger partial charge in [-0.05, 0) is 12.1 Å². The van der Waals surface area contributed by atoms with Crippen molar-refractivity contribution < 1.29 is 35.9 Å². The molecule has 0 amide bonds. The molecule has 1 aromatic carbocycles. The number of rotatable bonds is 2. The van der Waals surface area contributed by atoms with Crippen molar-refractivity contribution >= 4 is 22.2 Å². The molecule has 0 fully saturated rings. The maximum absolute atomic E-state index is 10.3. The van der Waals surface area contributed by atoms with E-state index in [0.29, 0.717) is 5.82 Å². The number of benzene rings is 1. The van der Waals surface area contributed by atoms with Gasteiger partial charge in [-0.2, -0.15) is 18.3 Å². The molecule has 17 heavy (non-hydrogen) atoms. The summed E-state index contributed by atoms with van der Waals surface area (Å²) in [6, 6.07) is 7.52. The molecule has 0 aliphatic heterocycles. The Hall–Kier alpha value is -0.438. The first kappa shape index (κ1) is 16.6. The normalized spacial score (nSPS) is 8.65. The Kier molecular flexibility index (Phi) is 8.40. The third kappa shape index (κ3) is 4.74. The predicted molar refractivity (Wildman–Crippen MR) is 65.3 cm³/mol. The summed E-state index contributed by atoms with van der Waals surface area (Å²) in [6.07, 6.45) is 1.64. The quantitative estimate of drug-likeness (QED) is 0.623. The van der Waals surface area contributed by atoms with Crippen molar-refractivity contribution in [2.75, 3.05) is 0 Å². The second-order valence-electron chi connectivity index (χ2n) is 2.62. The fourth-order valence-electron chi connectivity index (χ4n) is 1.06. The van der Waals surface area contributed by atoms with E-state index in [4.69, 9.17) is 0 Å². The average Bonchev–Trinajstić information content (AvgIpc) is 2.80. The molecule has 0 aliphatic carbocycles. The van der Waals surface area contributed by atoms with Gasteiger partial charge in [-0.25, -0.2) is 4.98 Å². The van der Waals surface area contributed by atoms with Crippen LogP contribution in [0.15, 0.2) is 28.7 Å². The number of hydrogen-bond donors (Lipinski definition) is 1. The molecule has 4 nitrogen and oxygen atoms in total. The molecule has 6 heteroatoms. The number of aromatic amines is 1. The summed E-state index contributed by atoms with van der Waals surface area (Å²) in [5, 5.41) is 6.35. The van der Waals surface area contributed by atoms with E-state index in [2.05, 4.69) is 38.0 Å². The van der Waals surface area contributed by atoms with E-state index in [1.165, 1.54) is 0 Å². The molecule has 2 aromatic rings. The molecule has 0 unspecified atom stereocenters. The smallest absolute Gasteiger partial charge is 0.534 e. The maximum Gasteiger partial charge on any atom is 2.00 e. The van der Waals surface area contributed by atoms with Gasteiger partial charge in [0.2, 0.25) is 0 Å². The third-order valence-electron chi connectivity index (χ3n) is 1.66. The van der Waals surface area contributed by atoms with E-state index in [1.54, 1.807) is 13.2 Å². The van der Waals surface area contributed by atoms with Crippen LogP contribution in [0.2, 0.25) is 0 Å². The summed E-state index contributed by atoms with van der Waals surface area (Å²) in [7, 11) is 0. The Morgan fingerprint density at radius 1 is 1.41 bits per heavy atom. The van der Waals surface area contributed by atoms with Crippen LogP contribution in [0.3, 0.4) is 0 Å². The molecule has 0 aliphatic rings. The van der Waals surface area contributed by atoms with Crippen LogP contribution in [-0.4, -0.2) is 21.5 Å². The molecular formula is C11H10BrN3OU. The van der Waals surface area contributed by atoms with Crippen LogP contribution in [0.4, 0.5) is 0 Å². The molecule has 0 saturated carbocycles. The number of nitrogens with one attached hydrogen (secondary N) is 1. The van der Waals surface area contributed by atoms with E-state index in [9.17, 15) is 4.79 Å². The number of aromatic nitrogens is 3. The van der Waals surface area contributed by atoms with Gasteiger partial charge >= 0.3 is 31.1 Å². The summed E-state index contributed by atoms with van der Waals surface area (Å²) in [5.74, 6) is 0.602. The van der Waals surface area contributed by atoms with Crippen LogP contribution < -0.4 is 0 Å². The van der Waals surface area contributed by atoms with Crippen LogP contribution in [0.1, 0.15) is 12.7 Å². The minimum atomic E-state index is 0. The summed E-state index contributed by atoms with van der Waals surface area (Å²) in [6.45, 7) is 5.00. The van der Waals surface area contributed by atoms with Gasteiger partial charge in [0.1, 0.15) is 0 Å². The van der Waals surface area contributed by atoms with Gasteiger partial charge in [0.05, 0.1) is 0 Å². The van der Waals surface area contributed by atoms with Crippen molar-refractivity contribution in [2.45, 2.75) is 6.92 Å². The van der Waals surface area contributed by atoms with Crippen LogP contribution in [0.25, 0.3) is 11.4 Å². The van der Waals surface area contributed by atoms with E-state index in [0.717, 1.165) is 10.0 Å². The zero-order chi connectivity index (χ0) is 12.0. The van der Waals surface area contributed by atoms with Crippen molar-refractivity contribution in [1.29, 1.82) is 0 Å². The Balaban J connectivity index is 0.000000811. The molecule has 1 N–H and O–H groups in total. The Labute approximate surface area is 132 Å². The number of hydrogen-bond acceptors (Lipinski definition) is 3. The van der Waals surface area contributed by atoms with E-state index in [1.807, 2.05) is 24.3 Å². The molecule has 0 radical (unpaired) electrons. The summed E-state index contributed by atoms with van der Waals surface area (Å²) < 4.78 is 0.941. The monoisotopic (exact) mass is 517 g/mol. The van der Waals surface area contributed by atoms with Crippen molar-refractivity contribution in [3.05, 3.63) is 41.5 Å². The SMILES string of the molecule is O=[C-]c1nc(-c2cccc(Br)c2)n[nH]1.[CH2-]C.[U+2]. The minimum absolute atomic E-state index is 0.